The first-order valence-corrected chi connectivity index (χ1v) is 6.11. The lowest BCUT2D eigenvalue weighted by Crippen LogP contribution is -2.09. The summed E-state index contributed by atoms with van der Waals surface area (Å²) in [5.74, 6) is 0.0587. The summed E-state index contributed by atoms with van der Waals surface area (Å²) in [4.78, 5) is 10.5. The normalized spacial score (nSPS) is 12.1. The van der Waals surface area contributed by atoms with Crippen molar-refractivity contribution in [2.24, 2.45) is 0 Å². The lowest BCUT2D eigenvalue weighted by Gasteiger charge is -2.08. The predicted octanol–water partition coefficient (Wildman–Crippen LogP) is 2.87. The standard InChI is InChI=1S/C12H15BrO3/c1-2-16-11-5-3-9(4-6-11)7-10(13)8-12(14)15/h3-6,10H,2,7-8H2,1H3,(H,14,15). The van der Waals surface area contributed by atoms with Gasteiger partial charge in [-0.3, -0.25) is 4.79 Å². The Bertz CT molecular complexity index is 335. The van der Waals surface area contributed by atoms with Crippen molar-refractivity contribution in [2.75, 3.05) is 6.61 Å². The molecule has 1 atom stereocenters. The summed E-state index contributed by atoms with van der Waals surface area (Å²) in [6.45, 7) is 2.59. The highest BCUT2D eigenvalue weighted by Gasteiger charge is 2.10. The maximum absolute atomic E-state index is 10.5. The zero-order valence-corrected chi connectivity index (χ0v) is 10.7. The van der Waals surface area contributed by atoms with E-state index < -0.39 is 5.97 Å². The number of carboxylic acid groups (broad SMARTS) is 1. The van der Waals surface area contributed by atoms with E-state index in [4.69, 9.17) is 9.84 Å². The van der Waals surface area contributed by atoms with Crippen LogP contribution in [0.3, 0.4) is 0 Å². The summed E-state index contributed by atoms with van der Waals surface area (Å²) in [7, 11) is 0. The highest BCUT2D eigenvalue weighted by Crippen LogP contribution is 2.17. The van der Waals surface area contributed by atoms with Crippen LogP contribution in [0.25, 0.3) is 0 Å². The number of alkyl halides is 1. The van der Waals surface area contributed by atoms with E-state index >= 15 is 0 Å². The Hall–Kier alpha value is -1.03. The third-order valence-electron chi connectivity index (χ3n) is 2.09. The molecule has 0 bridgehead atoms. The molecule has 1 aromatic carbocycles. The predicted molar refractivity (Wildman–Crippen MR) is 66.3 cm³/mol. The number of halogens is 1. The Labute approximate surface area is 104 Å². The number of benzene rings is 1. The molecule has 4 heteroatoms. The zero-order valence-electron chi connectivity index (χ0n) is 9.15. The van der Waals surface area contributed by atoms with Gasteiger partial charge in [0, 0.05) is 4.83 Å². The van der Waals surface area contributed by atoms with Gasteiger partial charge in [0.25, 0.3) is 0 Å². The van der Waals surface area contributed by atoms with E-state index in [1.165, 1.54) is 0 Å². The minimum Gasteiger partial charge on any atom is -0.494 e. The van der Waals surface area contributed by atoms with Gasteiger partial charge >= 0.3 is 5.97 Å². The van der Waals surface area contributed by atoms with E-state index in [1.807, 2.05) is 31.2 Å². The summed E-state index contributed by atoms with van der Waals surface area (Å²) >= 11 is 3.35. The zero-order chi connectivity index (χ0) is 12.0. The van der Waals surface area contributed by atoms with Crippen molar-refractivity contribution in [3.05, 3.63) is 29.8 Å². The van der Waals surface area contributed by atoms with Gasteiger partial charge in [0.1, 0.15) is 5.75 Å². The molecule has 88 valence electrons. The van der Waals surface area contributed by atoms with Crippen molar-refractivity contribution < 1.29 is 14.6 Å². The highest BCUT2D eigenvalue weighted by atomic mass is 79.9. The molecule has 0 aliphatic heterocycles. The smallest absolute Gasteiger partial charge is 0.304 e. The maximum atomic E-state index is 10.5. The summed E-state index contributed by atoms with van der Waals surface area (Å²) in [6, 6.07) is 7.72. The van der Waals surface area contributed by atoms with E-state index in [2.05, 4.69) is 15.9 Å². The van der Waals surface area contributed by atoms with Gasteiger partial charge in [-0.25, -0.2) is 0 Å². The molecular formula is C12H15BrO3. The number of rotatable bonds is 6. The second kappa shape index (κ2) is 6.53. The number of carbonyl (C=O) groups is 1. The summed E-state index contributed by atoms with van der Waals surface area (Å²) < 4.78 is 5.32. The van der Waals surface area contributed by atoms with Gasteiger partial charge < -0.3 is 9.84 Å². The largest absolute Gasteiger partial charge is 0.494 e. The fourth-order valence-electron chi connectivity index (χ4n) is 1.41. The van der Waals surface area contributed by atoms with Crippen LogP contribution in [0.1, 0.15) is 18.9 Å². The topological polar surface area (TPSA) is 46.5 Å². The number of hydrogen-bond donors (Lipinski definition) is 1. The van der Waals surface area contributed by atoms with Crippen molar-refractivity contribution in [1.29, 1.82) is 0 Å². The maximum Gasteiger partial charge on any atom is 0.304 e. The molecule has 0 saturated carbocycles. The van der Waals surface area contributed by atoms with Gasteiger partial charge in [-0.05, 0) is 31.0 Å². The second-order valence-corrected chi connectivity index (χ2v) is 4.77. The third-order valence-corrected chi connectivity index (χ3v) is 2.74. The van der Waals surface area contributed by atoms with Gasteiger partial charge in [-0.1, -0.05) is 28.1 Å². The Morgan fingerprint density at radius 3 is 2.56 bits per heavy atom. The monoisotopic (exact) mass is 286 g/mol. The first-order valence-electron chi connectivity index (χ1n) is 5.19. The highest BCUT2D eigenvalue weighted by molar-refractivity contribution is 9.09. The Morgan fingerprint density at radius 1 is 1.44 bits per heavy atom. The SMILES string of the molecule is CCOc1ccc(CC(Br)CC(=O)O)cc1. The van der Waals surface area contributed by atoms with Gasteiger partial charge in [0.05, 0.1) is 13.0 Å². The molecule has 1 aromatic rings. The van der Waals surface area contributed by atoms with Gasteiger partial charge in [-0.2, -0.15) is 0 Å². The van der Waals surface area contributed by atoms with Gasteiger partial charge in [0.2, 0.25) is 0 Å². The molecule has 0 aromatic heterocycles. The number of ether oxygens (including phenoxy) is 1. The lowest BCUT2D eigenvalue weighted by atomic mass is 10.1. The average Bonchev–Trinajstić information content (AvgIpc) is 2.20. The summed E-state index contributed by atoms with van der Waals surface area (Å²) in [5.41, 5.74) is 1.10. The average molecular weight is 287 g/mol. The fourth-order valence-corrected chi connectivity index (χ4v) is 2.06. The molecule has 0 aliphatic carbocycles. The van der Waals surface area contributed by atoms with Crippen molar-refractivity contribution in [3.8, 4) is 5.75 Å². The van der Waals surface area contributed by atoms with Crippen LogP contribution in [-0.2, 0) is 11.2 Å². The van der Waals surface area contributed by atoms with Crippen molar-refractivity contribution >= 4 is 21.9 Å². The van der Waals surface area contributed by atoms with Crippen molar-refractivity contribution in [2.45, 2.75) is 24.6 Å². The van der Waals surface area contributed by atoms with Gasteiger partial charge in [0.15, 0.2) is 0 Å². The van der Waals surface area contributed by atoms with E-state index in [0.29, 0.717) is 13.0 Å². The van der Waals surface area contributed by atoms with Crippen LogP contribution in [0.5, 0.6) is 5.75 Å². The molecule has 3 nitrogen and oxygen atoms in total. The molecule has 0 fully saturated rings. The molecule has 1 N–H and O–H groups in total. The van der Waals surface area contributed by atoms with Gasteiger partial charge in [-0.15, -0.1) is 0 Å². The first kappa shape index (κ1) is 13.0. The van der Waals surface area contributed by atoms with Crippen LogP contribution in [-0.4, -0.2) is 22.5 Å². The molecule has 16 heavy (non-hydrogen) atoms. The lowest BCUT2D eigenvalue weighted by molar-refractivity contribution is -0.136. The van der Waals surface area contributed by atoms with Crippen LogP contribution in [0, 0.1) is 0 Å². The van der Waals surface area contributed by atoms with Crippen LogP contribution < -0.4 is 4.74 Å². The quantitative estimate of drug-likeness (QED) is 0.818. The third kappa shape index (κ3) is 4.66. The minimum atomic E-state index is -0.784. The molecule has 0 heterocycles. The van der Waals surface area contributed by atoms with Crippen LogP contribution in [0.4, 0.5) is 0 Å². The first-order chi connectivity index (χ1) is 7.61. The fraction of sp³-hybridized carbons (Fsp3) is 0.417. The van der Waals surface area contributed by atoms with E-state index in [9.17, 15) is 4.79 Å². The Morgan fingerprint density at radius 2 is 2.06 bits per heavy atom. The molecule has 0 radical (unpaired) electrons. The molecule has 1 rings (SSSR count). The van der Waals surface area contributed by atoms with Crippen molar-refractivity contribution in [1.82, 2.24) is 0 Å². The number of hydrogen-bond acceptors (Lipinski definition) is 2. The van der Waals surface area contributed by atoms with E-state index in [1.54, 1.807) is 0 Å². The minimum absolute atomic E-state index is 0.0251. The van der Waals surface area contributed by atoms with Crippen molar-refractivity contribution in [3.63, 3.8) is 0 Å². The molecule has 1 unspecified atom stereocenters. The Balaban J connectivity index is 2.51. The molecule has 0 saturated heterocycles. The molecule has 0 aliphatic rings. The van der Waals surface area contributed by atoms with Crippen LogP contribution in [0.2, 0.25) is 0 Å². The van der Waals surface area contributed by atoms with E-state index in [-0.39, 0.29) is 11.2 Å². The Kier molecular flexibility index (Phi) is 5.32. The van der Waals surface area contributed by atoms with E-state index in [0.717, 1.165) is 11.3 Å². The number of carboxylic acids is 1. The second-order valence-electron chi connectivity index (χ2n) is 3.48. The molecule has 0 spiro atoms. The molecular weight excluding hydrogens is 272 g/mol. The van der Waals surface area contributed by atoms with Crippen LogP contribution in [0.15, 0.2) is 24.3 Å². The summed E-state index contributed by atoms with van der Waals surface area (Å²) in [6.07, 6.45) is 0.839. The summed E-state index contributed by atoms with van der Waals surface area (Å²) in [5, 5.41) is 8.63. The number of aliphatic carboxylic acids is 1. The molecule has 0 amide bonds. The van der Waals surface area contributed by atoms with Crippen LogP contribution >= 0.6 is 15.9 Å².